The highest BCUT2D eigenvalue weighted by molar-refractivity contribution is 7.11. The molecule has 1 aromatic rings. The molecule has 1 rings (SSSR count). The van der Waals surface area contributed by atoms with E-state index in [9.17, 15) is 9.59 Å². The minimum Gasteiger partial charge on any atom is -0.476 e. The number of nitrogens with zero attached hydrogens (tertiary/aromatic N) is 2. The van der Waals surface area contributed by atoms with Gasteiger partial charge in [0.2, 0.25) is 0 Å². The number of rotatable bonds is 6. The largest absolute Gasteiger partial charge is 0.476 e. The number of methoxy groups -OCH3 is 1. The Morgan fingerprint density at radius 2 is 2.22 bits per heavy atom. The second kappa shape index (κ2) is 6.46. The van der Waals surface area contributed by atoms with E-state index in [0.717, 1.165) is 11.3 Å². The number of carboxylic acids is 1. The van der Waals surface area contributed by atoms with Crippen LogP contribution >= 0.6 is 11.3 Å². The lowest BCUT2D eigenvalue weighted by atomic mass is 10.3. The fourth-order valence-electron chi connectivity index (χ4n) is 1.38. The van der Waals surface area contributed by atoms with Crippen LogP contribution in [0.15, 0.2) is 5.38 Å². The van der Waals surface area contributed by atoms with Crippen molar-refractivity contribution in [1.82, 2.24) is 9.88 Å². The van der Waals surface area contributed by atoms with Crippen LogP contribution in [0, 0.1) is 0 Å². The van der Waals surface area contributed by atoms with Crippen molar-refractivity contribution in [2.24, 2.45) is 0 Å². The molecule has 100 valence electrons. The number of hydrogen-bond donors (Lipinski definition) is 1. The molecular formula is C11H16N2O4S. The maximum Gasteiger partial charge on any atom is 0.355 e. The molecule has 1 N–H and O–H groups in total. The van der Waals surface area contributed by atoms with Crippen molar-refractivity contribution in [3.8, 4) is 0 Å². The van der Waals surface area contributed by atoms with E-state index in [0.29, 0.717) is 13.2 Å². The lowest BCUT2D eigenvalue weighted by Gasteiger charge is -2.25. The van der Waals surface area contributed by atoms with Crippen molar-refractivity contribution >= 4 is 23.2 Å². The number of aromatic carboxylic acids is 1. The zero-order valence-corrected chi connectivity index (χ0v) is 11.4. The molecule has 0 aromatic carbocycles. The highest BCUT2D eigenvalue weighted by atomic mass is 32.1. The minimum absolute atomic E-state index is 0.00447. The second-order valence-electron chi connectivity index (χ2n) is 3.93. The molecule has 7 heteroatoms. The third-order valence-corrected chi connectivity index (χ3v) is 3.16. The smallest absolute Gasteiger partial charge is 0.355 e. The van der Waals surface area contributed by atoms with Gasteiger partial charge in [0.1, 0.15) is 0 Å². The summed E-state index contributed by atoms with van der Waals surface area (Å²) in [4.78, 5) is 28.3. The Morgan fingerprint density at radius 3 is 2.67 bits per heavy atom. The van der Waals surface area contributed by atoms with Crippen LogP contribution in [-0.4, -0.2) is 53.2 Å². The van der Waals surface area contributed by atoms with E-state index in [-0.39, 0.29) is 22.7 Å². The quantitative estimate of drug-likeness (QED) is 0.845. The molecule has 0 aliphatic heterocycles. The Bertz CT molecular complexity index is 430. The molecule has 1 heterocycles. The van der Waals surface area contributed by atoms with E-state index in [2.05, 4.69) is 4.98 Å². The van der Waals surface area contributed by atoms with E-state index in [1.165, 1.54) is 5.38 Å². The molecule has 0 radical (unpaired) electrons. The third kappa shape index (κ3) is 3.51. The fourth-order valence-corrected chi connectivity index (χ4v) is 2.12. The molecule has 6 nitrogen and oxygen atoms in total. The molecule has 0 saturated heterocycles. The van der Waals surface area contributed by atoms with Gasteiger partial charge in [0.15, 0.2) is 10.7 Å². The maximum absolute atomic E-state index is 12.2. The monoisotopic (exact) mass is 272 g/mol. The summed E-state index contributed by atoms with van der Waals surface area (Å²) in [5, 5.41) is 10.3. The van der Waals surface area contributed by atoms with Crippen molar-refractivity contribution < 1.29 is 19.4 Å². The summed E-state index contributed by atoms with van der Waals surface area (Å²) in [6, 6.07) is 0.00447. The van der Waals surface area contributed by atoms with Crippen molar-refractivity contribution in [3.63, 3.8) is 0 Å². The number of hydrogen-bond acceptors (Lipinski definition) is 5. The Balaban J connectivity index is 2.84. The van der Waals surface area contributed by atoms with Crippen LogP contribution in [0.25, 0.3) is 0 Å². The predicted octanol–water partition coefficient (Wildman–Crippen LogP) is 1.34. The molecule has 1 amide bonds. The van der Waals surface area contributed by atoms with E-state index >= 15 is 0 Å². The Labute approximate surface area is 109 Å². The van der Waals surface area contributed by atoms with Gasteiger partial charge in [-0.15, -0.1) is 11.3 Å². The van der Waals surface area contributed by atoms with E-state index in [1.807, 2.05) is 13.8 Å². The summed E-state index contributed by atoms with van der Waals surface area (Å²) in [5.74, 6) is -1.39. The highest BCUT2D eigenvalue weighted by Gasteiger charge is 2.22. The van der Waals surface area contributed by atoms with Gasteiger partial charge in [0, 0.05) is 25.1 Å². The van der Waals surface area contributed by atoms with Gasteiger partial charge in [-0.1, -0.05) is 0 Å². The van der Waals surface area contributed by atoms with Gasteiger partial charge in [-0.05, 0) is 13.8 Å². The van der Waals surface area contributed by atoms with Crippen LogP contribution in [0.1, 0.15) is 34.1 Å². The lowest BCUT2D eigenvalue weighted by molar-refractivity contribution is 0.0634. The average molecular weight is 272 g/mol. The lowest BCUT2D eigenvalue weighted by Crippen LogP contribution is -2.39. The molecule has 0 spiro atoms. The first-order valence-corrected chi connectivity index (χ1v) is 6.34. The molecule has 0 atom stereocenters. The third-order valence-electron chi connectivity index (χ3n) is 2.33. The van der Waals surface area contributed by atoms with Crippen LogP contribution < -0.4 is 0 Å². The Hall–Kier alpha value is -1.47. The fraction of sp³-hybridized carbons (Fsp3) is 0.545. The van der Waals surface area contributed by atoms with Gasteiger partial charge < -0.3 is 14.7 Å². The summed E-state index contributed by atoms with van der Waals surface area (Å²) in [6.07, 6.45) is 0. The number of carbonyl (C=O) groups excluding carboxylic acids is 1. The van der Waals surface area contributed by atoms with Gasteiger partial charge >= 0.3 is 5.97 Å². The Kier molecular flexibility index (Phi) is 5.24. The molecule has 0 bridgehead atoms. The standard InChI is InChI=1S/C11H16N2O4S/c1-7(2)13(4-5-17-3)10(14)9-12-8(6-18-9)11(15)16/h6-7H,4-5H2,1-3H3,(H,15,16). The SMILES string of the molecule is COCCN(C(=O)c1nc(C(=O)O)cs1)C(C)C. The van der Waals surface area contributed by atoms with E-state index in [4.69, 9.17) is 9.84 Å². The van der Waals surface area contributed by atoms with Crippen molar-refractivity contribution in [3.05, 3.63) is 16.1 Å². The first-order valence-electron chi connectivity index (χ1n) is 5.46. The number of aromatic nitrogens is 1. The molecule has 18 heavy (non-hydrogen) atoms. The molecule has 0 saturated carbocycles. The molecular weight excluding hydrogens is 256 g/mol. The summed E-state index contributed by atoms with van der Waals surface area (Å²) < 4.78 is 4.95. The van der Waals surface area contributed by atoms with Crippen molar-refractivity contribution in [2.45, 2.75) is 19.9 Å². The number of carbonyl (C=O) groups is 2. The molecule has 0 aliphatic rings. The topological polar surface area (TPSA) is 79.7 Å². The number of carboxylic acid groups (broad SMARTS) is 1. The van der Waals surface area contributed by atoms with Crippen LogP contribution in [-0.2, 0) is 4.74 Å². The number of ether oxygens (including phenoxy) is 1. The van der Waals surface area contributed by atoms with Gasteiger partial charge in [0.05, 0.1) is 6.61 Å². The summed E-state index contributed by atoms with van der Waals surface area (Å²) in [7, 11) is 1.56. The predicted molar refractivity (Wildman–Crippen MR) is 67.1 cm³/mol. The number of thiazole rings is 1. The van der Waals surface area contributed by atoms with Crippen molar-refractivity contribution in [1.29, 1.82) is 0 Å². The first kappa shape index (κ1) is 14.6. The van der Waals surface area contributed by atoms with Gasteiger partial charge in [0.25, 0.3) is 5.91 Å². The summed E-state index contributed by atoms with van der Waals surface area (Å²) in [5.41, 5.74) is -0.0983. The van der Waals surface area contributed by atoms with Crippen molar-refractivity contribution in [2.75, 3.05) is 20.3 Å². The van der Waals surface area contributed by atoms with Gasteiger partial charge in [-0.2, -0.15) is 0 Å². The molecule has 0 unspecified atom stereocenters. The molecule has 1 aromatic heterocycles. The zero-order chi connectivity index (χ0) is 13.7. The van der Waals surface area contributed by atoms with Crippen LogP contribution in [0.3, 0.4) is 0 Å². The average Bonchev–Trinajstić information content (AvgIpc) is 2.78. The van der Waals surface area contributed by atoms with Gasteiger partial charge in [-0.3, -0.25) is 4.79 Å². The van der Waals surface area contributed by atoms with Crippen LogP contribution in [0.4, 0.5) is 0 Å². The second-order valence-corrected chi connectivity index (χ2v) is 4.79. The first-order chi connectivity index (χ1) is 8.47. The Morgan fingerprint density at radius 1 is 1.56 bits per heavy atom. The van der Waals surface area contributed by atoms with E-state index < -0.39 is 5.97 Å². The van der Waals surface area contributed by atoms with E-state index in [1.54, 1.807) is 12.0 Å². The minimum atomic E-state index is -1.13. The normalized spacial score (nSPS) is 10.7. The van der Waals surface area contributed by atoms with Gasteiger partial charge in [-0.25, -0.2) is 9.78 Å². The molecule has 0 fully saturated rings. The highest BCUT2D eigenvalue weighted by Crippen LogP contribution is 2.14. The van der Waals surface area contributed by atoms with Crippen LogP contribution in [0.2, 0.25) is 0 Å². The zero-order valence-electron chi connectivity index (χ0n) is 10.5. The molecule has 0 aliphatic carbocycles. The summed E-state index contributed by atoms with van der Waals surface area (Å²) >= 11 is 1.04. The maximum atomic E-state index is 12.2. The summed E-state index contributed by atoms with van der Waals surface area (Å²) in [6.45, 7) is 4.66. The van der Waals surface area contributed by atoms with Crippen LogP contribution in [0.5, 0.6) is 0 Å². The number of amides is 1.